The Kier molecular flexibility index (Phi) is 4.76. The van der Waals surface area contributed by atoms with Crippen molar-refractivity contribution >= 4 is 11.9 Å². The number of nitrogens with two attached hydrogens (primary N) is 1. The molecular weight excluding hydrogens is 172 g/mol. The van der Waals surface area contributed by atoms with Gasteiger partial charge in [-0.25, -0.2) is 4.79 Å². The fourth-order valence-corrected chi connectivity index (χ4v) is 0.837. The van der Waals surface area contributed by atoms with Gasteiger partial charge in [0, 0.05) is 12.1 Å². The number of rotatable bonds is 6. The van der Waals surface area contributed by atoms with Crippen LogP contribution in [-0.2, 0) is 9.59 Å². The molecule has 0 aliphatic carbocycles. The van der Waals surface area contributed by atoms with Gasteiger partial charge in [0.15, 0.2) is 0 Å². The first kappa shape index (κ1) is 11.6. The lowest BCUT2D eigenvalue weighted by Gasteiger charge is -2.17. The van der Waals surface area contributed by atoms with Gasteiger partial charge in [0.2, 0.25) is 5.91 Å². The van der Waals surface area contributed by atoms with Crippen LogP contribution in [0.2, 0.25) is 0 Å². The van der Waals surface area contributed by atoms with Crippen molar-refractivity contribution in [2.75, 3.05) is 19.6 Å². The van der Waals surface area contributed by atoms with Gasteiger partial charge in [0.25, 0.3) is 0 Å². The van der Waals surface area contributed by atoms with E-state index >= 15 is 0 Å². The van der Waals surface area contributed by atoms with Crippen LogP contribution in [0.4, 0.5) is 0 Å². The Labute approximate surface area is 76.8 Å². The summed E-state index contributed by atoms with van der Waals surface area (Å²) in [5.74, 6) is -1.53. The molecule has 1 amide bonds. The first-order valence-corrected chi connectivity index (χ1v) is 3.89. The number of amides is 1. The maximum Gasteiger partial charge on any atom is 0.332 e. The third-order valence-electron chi connectivity index (χ3n) is 1.54. The molecule has 0 spiro atoms. The van der Waals surface area contributed by atoms with Crippen molar-refractivity contribution < 1.29 is 14.7 Å². The van der Waals surface area contributed by atoms with Crippen LogP contribution in [0.3, 0.4) is 0 Å². The van der Waals surface area contributed by atoms with Gasteiger partial charge < -0.3 is 10.8 Å². The molecule has 0 aromatic rings. The number of hydrogen-bond acceptors (Lipinski definition) is 3. The van der Waals surface area contributed by atoms with Gasteiger partial charge in [-0.15, -0.1) is 0 Å². The molecule has 3 N–H and O–H groups in total. The van der Waals surface area contributed by atoms with Crippen LogP contribution < -0.4 is 5.73 Å². The molecule has 13 heavy (non-hydrogen) atoms. The molecule has 0 saturated carbocycles. The number of likely N-dealkylation sites (N-methyl/N-ethyl adjacent to an activating group) is 1. The Morgan fingerprint density at radius 3 is 2.31 bits per heavy atom. The van der Waals surface area contributed by atoms with Crippen LogP contribution in [0.5, 0.6) is 0 Å². The lowest BCUT2D eigenvalue weighted by Crippen LogP contribution is -2.35. The third kappa shape index (κ3) is 4.97. The minimum Gasteiger partial charge on any atom is -0.478 e. The molecule has 5 heteroatoms. The summed E-state index contributed by atoms with van der Waals surface area (Å²) in [5.41, 5.74) is 5.02. The minimum atomic E-state index is -1.05. The van der Waals surface area contributed by atoms with Gasteiger partial charge in [0.1, 0.15) is 0 Å². The predicted octanol–water partition coefficient (Wildman–Crippen LogP) is -0.566. The van der Waals surface area contributed by atoms with Crippen molar-refractivity contribution in [2.24, 2.45) is 5.73 Å². The number of aliphatic carboxylic acids is 1. The SMILES string of the molecule is C=C(CN(CC)CC(N)=O)C(=O)O. The van der Waals surface area contributed by atoms with Crippen molar-refractivity contribution in [3.8, 4) is 0 Å². The summed E-state index contributed by atoms with van der Waals surface area (Å²) in [4.78, 5) is 22.5. The smallest absolute Gasteiger partial charge is 0.332 e. The molecule has 74 valence electrons. The van der Waals surface area contributed by atoms with Crippen molar-refractivity contribution in [2.45, 2.75) is 6.92 Å². The summed E-state index contributed by atoms with van der Waals surface area (Å²) < 4.78 is 0. The maximum absolute atomic E-state index is 10.5. The number of primary amides is 1. The van der Waals surface area contributed by atoms with E-state index in [1.807, 2.05) is 6.92 Å². The molecule has 0 fully saturated rings. The zero-order chi connectivity index (χ0) is 10.4. The highest BCUT2D eigenvalue weighted by molar-refractivity contribution is 5.86. The molecule has 0 aliphatic rings. The summed E-state index contributed by atoms with van der Waals surface area (Å²) in [6.07, 6.45) is 0. The van der Waals surface area contributed by atoms with Gasteiger partial charge in [-0.05, 0) is 6.54 Å². The Hall–Kier alpha value is -1.36. The molecule has 0 radical (unpaired) electrons. The van der Waals surface area contributed by atoms with Gasteiger partial charge in [-0.1, -0.05) is 13.5 Å². The molecule has 0 aliphatic heterocycles. The van der Waals surface area contributed by atoms with Crippen LogP contribution in [0.25, 0.3) is 0 Å². The molecule has 0 aromatic heterocycles. The summed E-state index contributed by atoms with van der Waals surface area (Å²) in [6, 6.07) is 0. The molecule has 0 saturated heterocycles. The molecule has 0 rings (SSSR count). The van der Waals surface area contributed by atoms with Gasteiger partial charge in [-0.2, -0.15) is 0 Å². The van der Waals surface area contributed by atoms with Crippen LogP contribution in [0.1, 0.15) is 6.92 Å². The first-order valence-electron chi connectivity index (χ1n) is 3.89. The Morgan fingerprint density at radius 2 is 2.00 bits per heavy atom. The molecule has 0 unspecified atom stereocenters. The highest BCUT2D eigenvalue weighted by Crippen LogP contribution is 1.96. The van der Waals surface area contributed by atoms with E-state index in [9.17, 15) is 9.59 Å². The van der Waals surface area contributed by atoms with Crippen LogP contribution in [-0.4, -0.2) is 41.5 Å². The monoisotopic (exact) mass is 186 g/mol. The second kappa shape index (κ2) is 5.31. The first-order chi connectivity index (χ1) is 5.97. The van der Waals surface area contributed by atoms with E-state index in [2.05, 4.69) is 6.58 Å². The fraction of sp³-hybridized carbons (Fsp3) is 0.500. The fourth-order valence-electron chi connectivity index (χ4n) is 0.837. The van der Waals surface area contributed by atoms with Gasteiger partial charge >= 0.3 is 5.97 Å². The summed E-state index contributed by atoms with van der Waals surface area (Å²) >= 11 is 0. The number of carbonyl (C=O) groups excluding carboxylic acids is 1. The summed E-state index contributed by atoms with van der Waals surface area (Å²) in [5, 5.41) is 8.52. The van der Waals surface area contributed by atoms with Crippen molar-refractivity contribution in [1.82, 2.24) is 4.90 Å². The van der Waals surface area contributed by atoms with E-state index in [4.69, 9.17) is 10.8 Å². The molecule has 0 bridgehead atoms. The topological polar surface area (TPSA) is 83.6 Å². The van der Waals surface area contributed by atoms with E-state index in [1.54, 1.807) is 4.90 Å². The Morgan fingerprint density at radius 1 is 1.46 bits per heavy atom. The van der Waals surface area contributed by atoms with E-state index in [0.29, 0.717) is 6.54 Å². The van der Waals surface area contributed by atoms with Crippen LogP contribution >= 0.6 is 0 Å². The highest BCUT2D eigenvalue weighted by Gasteiger charge is 2.11. The van der Waals surface area contributed by atoms with E-state index in [1.165, 1.54) is 0 Å². The second-order valence-electron chi connectivity index (χ2n) is 2.68. The molecule has 5 nitrogen and oxygen atoms in total. The largest absolute Gasteiger partial charge is 0.478 e. The van der Waals surface area contributed by atoms with Gasteiger partial charge in [-0.3, -0.25) is 9.69 Å². The molecule has 0 atom stereocenters. The molecular formula is C8H14N2O3. The lowest BCUT2D eigenvalue weighted by atomic mass is 10.3. The van der Waals surface area contributed by atoms with Crippen molar-refractivity contribution in [1.29, 1.82) is 0 Å². The molecule has 0 heterocycles. The average Bonchev–Trinajstić information content (AvgIpc) is 2.02. The maximum atomic E-state index is 10.5. The number of carboxylic acids is 1. The standard InChI is InChI=1S/C8H14N2O3/c1-3-10(5-7(9)11)4-6(2)8(12)13/h2-5H2,1H3,(H2,9,11)(H,12,13). The van der Waals surface area contributed by atoms with Crippen molar-refractivity contribution in [3.63, 3.8) is 0 Å². The molecule has 0 aromatic carbocycles. The Bertz CT molecular complexity index is 225. The third-order valence-corrected chi connectivity index (χ3v) is 1.54. The predicted molar refractivity (Wildman–Crippen MR) is 48.1 cm³/mol. The summed E-state index contributed by atoms with van der Waals surface area (Å²) in [6.45, 7) is 5.96. The zero-order valence-corrected chi connectivity index (χ0v) is 7.62. The quantitative estimate of drug-likeness (QED) is 0.544. The summed E-state index contributed by atoms with van der Waals surface area (Å²) in [7, 11) is 0. The number of nitrogens with zero attached hydrogens (tertiary/aromatic N) is 1. The highest BCUT2D eigenvalue weighted by atomic mass is 16.4. The van der Waals surface area contributed by atoms with Gasteiger partial charge in [0.05, 0.1) is 6.54 Å². The van der Waals surface area contributed by atoms with Crippen molar-refractivity contribution in [3.05, 3.63) is 12.2 Å². The Balaban J connectivity index is 4.05. The normalized spacial score (nSPS) is 10.0. The van der Waals surface area contributed by atoms with E-state index in [0.717, 1.165) is 0 Å². The number of hydrogen-bond donors (Lipinski definition) is 2. The second-order valence-corrected chi connectivity index (χ2v) is 2.68. The average molecular weight is 186 g/mol. The lowest BCUT2D eigenvalue weighted by molar-refractivity contribution is -0.133. The van der Waals surface area contributed by atoms with Crippen LogP contribution in [0.15, 0.2) is 12.2 Å². The van der Waals surface area contributed by atoms with E-state index in [-0.39, 0.29) is 18.7 Å². The number of carboxylic acid groups (broad SMARTS) is 1. The number of carbonyl (C=O) groups is 2. The minimum absolute atomic E-state index is 0.0583. The van der Waals surface area contributed by atoms with Crippen LogP contribution in [0, 0.1) is 0 Å². The van der Waals surface area contributed by atoms with E-state index < -0.39 is 11.9 Å². The zero-order valence-electron chi connectivity index (χ0n) is 7.62.